The van der Waals surface area contributed by atoms with E-state index >= 15 is 0 Å². The number of nitrogens with one attached hydrogen (secondary N) is 4. The number of H-pyrrole nitrogens is 2. The molecule has 0 atom stereocenters. The first-order valence-corrected chi connectivity index (χ1v) is 25.9. The standard InChI is InChI=1S/C9H11N.C9H10O.C9H10.C8H9N.C8H8O.2C7H6N2.C7H5NO/c2*1-2-6-9-8(4-1)5-3-7-10-9;1-2-5-9-7-3-6-8(9)4-1;2*1-2-4-8-7(3-1)5-6-9-8;3*1-2-4-7-6(3-1)8-5-9-7/h1-2,4,6,10H,3,5,7H2;1-2,4,6H,3,5,7H2;1-2,4-5H,3,6-7H2;1-4,9H,5-6H2;1-4H,5-6H2;2*1-5H,(H,8,9);1-5H. The van der Waals surface area contributed by atoms with Crippen LogP contribution in [0.2, 0.25) is 0 Å². The summed E-state index contributed by atoms with van der Waals surface area (Å²) in [6.07, 6.45) is 15.9. The van der Waals surface area contributed by atoms with E-state index in [9.17, 15) is 0 Å². The molecule has 11 aromatic rings. The second kappa shape index (κ2) is 27.3. The number of aromatic nitrogens is 5. The summed E-state index contributed by atoms with van der Waals surface area (Å²) in [5.74, 6) is 2.14. The fourth-order valence-electron chi connectivity index (χ4n) is 9.15. The molecule has 10 heteroatoms. The second-order valence-corrected chi connectivity index (χ2v) is 18.1. The third kappa shape index (κ3) is 14.7. The molecule has 0 radical (unpaired) electrons. The number of ether oxygens (including phenoxy) is 2. The summed E-state index contributed by atoms with van der Waals surface area (Å²) >= 11 is 0. The van der Waals surface area contributed by atoms with Crippen LogP contribution >= 0.6 is 0 Å². The van der Waals surface area contributed by atoms with Gasteiger partial charge in [-0.05, 0) is 145 Å². The van der Waals surface area contributed by atoms with Gasteiger partial charge in [-0.15, -0.1) is 0 Å². The molecule has 0 fully saturated rings. The SMILES string of the molecule is c1ccc2[nH]cnc2c1.c1ccc2[nH]cnc2c1.c1ccc2c(c1)CCC2.c1ccc2c(c1)CCCN2.c1ccc2c(c1)CCCO2.c1ccc2c(c1)CCN2.c1ccc2c(c1)CCO2.c1ccc2ocnc2c1. The Bertz CT molecular complexity index is 2860. The number of imidazole rings is 2. The minimum atomic E-state index is 0.845. The molecule has 374 valence electrons. The molecule has 0 unspecified atom stereocenters. The first kappa shape index (κ1) is 50.3. The van der Waals surface area contributed by atoms with Crippen LogP contribution in [0, 0.1) is 0 Å². The van der Waals surface area contributed by atoms with Gasteiger partial charge in [-0.3, -0.25) is 0 Å². The van der Waals surface area contributed by atoms with E-state index in [4.69, 9.17) is 13.9 Å². The lowest BCUT2D eigenvalue weighted by Gasteiger charge is -2.16. The number of nitrogens with zero attached hydrogens (tertiary/aromatic N) is 3. The number of aryl methyl sites for hydroxylation is 4. The van der Waals surface area contributed by atoms with Gasteiger partial charge in [0.05, 0.1) is 47.9 Å². The van der Waals surface area contributed by atoms with Crippen molar-refractivity contribution in [2.24, 2.45) is 0 Å². The first-order valence-electron chi connectivity index (χ1n) is 25.9. The normalized spacial score (nSPS) is 13.4. The molecule has 10 nitrogen and oxygen atoms in total. The Kier molecular flexibility index (Phi) is 18.5. The van der Waals surface area contributed by atoms with Gasteiger partial charge in [-0.25, -0.2) is 15.0 Å². The van der Waals surface area contributed by atoms with Crippen molar-refractivity contribution in [2.45, 2.75) is 57.8 Å². The number of rotatable bonds is 0. The molecule has 4 aliphatic heterocycles. The molecule has 0 saturated heterocycles. The van der Waals surface area contributed by atoms with Crippen LogP contribution in [0.25, 0.3) is 33.2 Å². The van der Waals surface area contributed by atoms with Crippen LogP contribution in [0.3, 0.4) is 0 Å². The molecular formula is C64H65N7O3. The van der Waals surface area contributed by atoms with Crippen LogP contribution in [0.4, 0.5) is 11.4 Å². The van der Waals surface area contributed by atoms with Crippen molar-refractivity contribution in [3.05, 3.63) is 247 Å². The number of oxazole rings is 1. The van der Waals surface area contributed by atoms with E-state index in [1.54, 1.807) is 23.8 Å². The lowest BCUT2D eigenvalue weighted by molar-refractivity contribution is 0.288. The molecule has 1 aliphatic carbocycles. The van der Waals surface area contributed by atoms with Gasteiger partial charge in [-0.2, -0.15) is 0 Å². The van der Waals surface area contributed by atoms with Gasteiger partial charge in [0, 0.05) is 30.9 Å². The van der Waals surface area contributed by atoms with Crippen LogP contribution in [0.15, 0.2) is 218 Å². The zero-order valence-corrected chi connectivity index (χ0v) is 42.0. The number of hydrogen-bond donors (Lipinski definition) is 4. The maximum atomic E-state index is 5.42. The molecule has 3 aromatic heterocycles. The fourth-order valence-corrected chi connectivity index (χ4v) is 9.15. The van der Waals surface area contributed by atoms with Gasteiger partial charge in [0.15, 0.2) is 12.0 Å². The van der Waals surface area contributed by atoms with Crippen molar-refractivity contribution >= 4 is 44.5 Å². The molecule has 5 aliphatic rings. The Morgan fingerprint density at radius 2 is 0.797 bits per heavy atom. The van der Waals surface area contributed by atoms with Gasteiger partial charge >= 0.3 is 0 Å². The largest absolute Gasteiger partial charge is 0.493 e. The number of benzene rings is 8. The molecule has 0 saturated carbocycles. The van der Waals surface area contributed by atoms with E-state index in [0.717, 1.165) is 83.8 Å². The Morgan fingerprint density at radius 1 is 0.338 bits per heavy atom. The Balaban J connectivity index is 0.000000104. The lowest BCUT2D eigenvalue weighted by atomic mass is 10.0. The zero-order valence-electron chi connectivity index (χ0n) is 42.0. The molecule has 0 amide bonds. The van der Waals surface area contributed by atoms with E-state index in [1.165, 1.54) is 85.0 Å². The summed E-state index contributed by atoms with van der Waals surface area (Å²) in [4.78, 5) is 18.1. The van der Waals surface area contributed by atoms with E-state index in [0.29, 0.717) is 0 Å². The van der Waals surface area contributed by atoms with Crippen molar-refractivity contribution in [1.29, 1.82) is 0 Å². The summed E-state index contributed by atoms with van der Waals surface area (Å²) < 4.78 is 15.7. The van der Waals surface area contributed by atoms with Crippen molar-refractivity contribution in [1.82, 2.24) is 24.9 Å². The highest BCUT2D eigenvalue weighted by Gasteiger charge is 2.10. The second-order valence-electron chi connectivity index (χ2n) is 18.1. The molecule has 0 spiro atoms. The predicted molar refractivity (Wildman–Crippen MR) is 302 cm³/mol. The molecule has 0 bridgehead atoms. The van der Waals surface area contributed by atoms with Gasteiger partial charge < -0.3 is 34.5 Å². The predicted octanol–water partition coefficient (Wildman–Crippen LogP) is 14.5. The van der Waals surface area contributed by atoms with Crippen LogP contribution < -0.4 is 20.1 Å². The summed E-state index contributed by atoms with van der Waals surface area (Å²) in [5.41, 5.74) is 17.4. The number of anilines is 2. The molecule has 4 N–H and O–H groups in total. The van der Waals surface area contributed by atoms with Gasteiger partial charge in [0.1, 0.15) is 17.0 Å². The number of hydrogen-bond acceptors (Lipinski definition) is 8. The van der Waals surface area contributed by atoms with Crippen LogP contribution in [-0.4, -0.2) is 51.2 Å². The maximum absolute atomic E-state index is 5.42. The topological polar surface area (TPSA) is 126 Å². The van der Waals surface area contributed by atoms with E-state index in [1.807, 2.05) is 103 Å². The quantitative estimate of drug-likeness (QED) is 0.118. The average molecular weight is 980 g/mol. The summed E-state index contributed by atoms with van der Waals surface area (Å²) in [6.45, 7) is 3.99. The highest BCUT2D eigenvalue weighted by molar-refractivity contribution is 5.74. The Hall–Kier alpha value is -8.63. The van der Waals surface area contributed by atoms with Gasteiger partial charge in [0.2, 0.25) is 0 Å². The van der Waals surface area contributed by atoms with E-state index < -0.39 is 0 Å². The Labute approximate surface area is 434 Å². The van der Waals surface area contributed by atoms with Crippen molar-refractivity contribution < 1.29 is 13.9 Å². The minimum Gasteiger partial charge on any atom is -0.493 e. The molecule has 74 heavy (non-hydrogen) atoms. The van der Waals surface area contributed by atoms with Gasteiger partial charge in [-0.1, -0.05) is 133 Å². The van der Waals surface area contributed by atoms with E-state index in [2.05, 4.69) is 127 Å². The first-order chi connectivity index (χ1) is 36.7. The zero-order chi connectivity index (χ0) is 50.2. The number of fused-ring (bicyclic) bond motifs is 8. The lowest BCUT2D eigenvalue weighted by Crippen LogP contribution is -2.10. The number of para-hydroxylation sites is 10. The highest BCUT2D eigenvalue weighted by Crippen LogP contribution is 2.25. The molecular weight excluding hydrogens is 915 g/mol. The van der Waals surface area contributed by atoms with Crippen molar-refractivity contribution in [3.63, 3.8) is 0 Å². The van der Waals surface area contributed by atoms with E-state index in [-0.39, 0.29) is 0 Å². The van der Waals surface area contributed by atoms with Crippen LogP contribution in [0.1, 0.15) is 52.6 Å². The minimum absolute atomic E-state index is 0.845. The Morgan fingerprint density at radius 3 is 1.38 bits per heavy atom. The maximum Gasteiger partial charge on any atom is 0.181 e. The van der Waals surface area contributed by atoms with Crippen LogP contribution in [-0.2, 0) is 38.5 Å². The van der Waals surface area contributed by atoms with Crippen molar-refractivity contribution in [3.8, 4) is 11.5 Å². The monoisotopic (exact) mass is 980 g/mol. The summed E-state index contributed by atoms with van der Waals surface area (Å²) in [6, 6.07) is 65.7. The van der Waals surface area contributed by atoms with Gasteiger partial charge in [0.25, 0.3) is 0 Å². The molecule has 7 heterocycles. The fraction of sp³-hybridized carbons (Fsp3) is 0.203. The average Bonchev–Trinajstić information content (AvgIpc) is 4.36. The highest BCUT2D eigenvalue weighted by atomic mass is 16.5. The third-order valence-corrected chi connectivity index (χ3v) is 13.0. The number of aromatic amines is 2. The smallest absolute Gasteiger partial charge is 0.181 e. The molecule has 8 aromatic carbocycles. The van der Waals surface area contributed by atoms with Crippen molar-refractivity contribution in [2.75, 3.05) is 36.9 Å². The third-order valence-electron chi connectivity index (χ3n) is 13.0. The summed E-state index contributed by atoms with van der Waals surface area (Å²) in [7, 11) is 0. The summed E-state index contributed by atoms with van der Waals surface area (Å²) in [5, 5.41) is 6.66. The molecule has 16 rings (SSSR count). The van der Waals surface area contributed by atoms with Crippen LogP contribution in [0.5, 0.6) is 11.5 Å².